The molecule has 0 amide bonds. The van der Waals surface area contributed by atoms with Crippen LogP contribution in [-0.4, -0.2) is 11.6 Å². The van der Waals surface area contributed by atoms with E-state index in [0.717, 1.165) is 12.2 Å². The second-order valence-corrected chi connectivity index (χ2v) is 7.21. The van der Waals surface area contributed by atoms with Crippen LogP contribution in [0, 0.1) is 0 Å². The molecule has 5 heteroatoms. The number of allylic oxidation sites excluding steroid dienone is 2. The number of carbonyl (C=O) groups is 2. The van der Waals surface area contributed by atoms with Crippen LogP contribution in [0.3, 0.4) is 0 Å². The molecule has 1 radical (unpaired) electrons. The molecule has 0 bridgehead atoms. The summed E-state index contributed by atoms with van der Waals surface area (Å²) in [7, 11) is 0. The van der Waals surface area contributed by atoms with Gasteiger partial charge in [-0.25, -0.2) is 0 Å². The maximum atomic E-state index is 11.8. The van der Waals surface area contributed by atoms with Crippen molar-refractivity contribution in [2.45, 2.75) is 0 Å². The molecule has 0 N–H and O–H groups in total. The Hall–Kier alpha value is -4.19. The molecule has 0 aromatic heterocycles. The van der Waals surface area contributed by atoms with E-state index in [9.17, 15) is 19.8 Å². The van der Waals surface area contributed by atoms with E-state index < -0.39 is 0 Å². The van der Waals surface area contributed by atoms with Crippen LogP contribution < -0.4 is 10.2 Å². The Morgan fingerprint density at radius 3 is 0.914 bits per heavy atom. The van der Waals surface area contributed by atoms with Crippen molar-refractivity contribution in [1.29, 1.82) is 0 Å². The second-order valence-electron chi connectivity index (χ2n) is 7.21. The maximum Gasteiger partial charge on any atom is 2.00 e. The third-order valence-electron chi connectivity index (χ3n) is 4.76. The largest absolute Gasteiger partial charge is 2.00 e. The van der Waals surface area contributed by atoms with Gasteiger partial charge in [-0.3, -0.25) is 9.59 Å². The summed E-state index contributed by atoms with van der Waals surface area (Å²) in [4.78, 5) is 23.5. The second kappa shape index (κ2) is 14.2. The van der Waals surface area contributed by atoms with Crippen LogP contribution in [0.5, 0.6) is 0 Å². The molecule has 4 nitrogen and oxygen atoms in total. The first-order valence-electron chi connectivity index (χ1n) is 10.6. The van der Waals surface area contributed by atoms with E-state index in [1.807, 2.05) is 24.3 Å². The molecule has 0 saturated carbocycles. The number of rotatable bonds is 6. The summed E-state index contributed by atoms with van der Waals surface area (Å²) in [6.07, 6.45) is 2.26. The third kappa shape index (κ3) is 8.59. The van der Waals surface area contributed by atoms with E-state index >= 15 is 0 Å². The Labute approximate surface area is 215 Å². The minimum Gasteiger partial charge on any atom is -0.872 e. The average molecular weight is 505 g/mol. The van der Waals surface area contributed by atoms with Crippen molar-refractivity contribution in [3.63, 3.8) is 0 Å². The van der Waals surface area contributed by atoms with Gasteiger partial charge >= 0.3 is 16.8 Å². The molecule has 175 valence electrons. The predicted molar refractivity (Wildman–Crippen MR) is 130 cm³/mol. The van der Waals surface area contributed by atoms with E-state index in [1.165, 1.54) is 0 Å². The fourth-order valence-electron chi connectivity index (χ4n) is 2.98. The Bertz CT molecular complexity index is 1160. The van der Waals surface area contributed by atoms with Crippen molar-refractivity contribution in [3.8, 4) is 0 Å². The molecule has 4 rings (SSSR count). The average Bonchev–Trinajstić information content (AvgIpc) is 2.91. The van der Waals surface area contributed by atoms with Gasteiger partial charge in [0.2, 0.25) is 0 Å². The molecule has 0 spiro atoms. The van der Waals surface area contributed by atoms with Crippen molar-refractivity contribution in [2.75, 3.05) is 0 Å². The summed E-state index contributed by atoms with van der Waals surface area (Å²) in [5, 5.41) is 23.5. The first-order valence-corrected chi connectivity index (χ1v) is 10.6. The molecule has 0 saturated heterocycles. The minimum absolute atomic E-state index is 0. The summed E-state index contributed by atoms with van der Waals surface area (Å²) >= 11 is 0. The third-order valence-corrected chi connectivity index (χ3v) is 4.76. The van der Waals surface area contributed by atoms with Gasteiger partial charge in [0.15, 0.2) is 11.6 Å². The summed E-state index contributed by atoms with van der Waals surface area (Å²) < 4.78 is 0. The van der Waals surface area contributed by atoms with Gasteiger partial charge < -0.3 is 10.2 Å². The molecule has 0 aliphatic heterocycles. The van der Waals surface area contributed by atoms with Gasteiger partial charge in [-0.2, -0.15) is 0 Å². The Morgan fingerprint density at radius 2 is 0.657 bits per heavy atom. The quantitative estimate of drug-likeness (QED) is 0.219. The number of ketones is 2. The molecule has 0 fully saturated rings. The van der Waals surface area contributed by atoms with Crippen LogP contribution in [0.1, 0.15) is 31.8 Å². The monoisotopic (exact) mass is 505 g/mol. The number of hydrogen-bond acceptors (Lipinski definition) is 4. The van der Waals surface area contributed by atoms with Crippen LogP contribution >= 0.6 is 0 Å². The zero-order chi connectivity index (χ0) is 24.2. The molecule has 0 unspecified atom stereocenters. The van der Waals surface area contributed by atoms with Crippen molar-refractivity contribution in [2.24, 2.45) is 0 Å². The normalized spacial score (nSPS) is 10.9. The number of benzene rings is 4. The fourth-order valence-corrected chi connectivity index (χ4v) is 2.98. The van der Waals surface area contributed by atoms with E-state index in [-0.39, 0.29) is 39.9 Å². The zero-order valence-electron chi connectivity index (χ0n) is 18.7. The molecule has 0 heterocycles. The van der Waals surface area contributed by atoms with Crippen molar-refractivity contribution in [1.82, 2.24) is 0 Å². The SMILES string of the molecule is O=C(/C=C(\[O-])c1ccccc1)c1ccccc1.O=C(/C=C(\[O-])c1ccccc1)c1ccccc1.[Co+2]. The number of carbonyl (C=O) groups excluding carboxylic acids is 2. The van der Waals surface area contributed by atoms with Gasteiger partial charge in [0.1, 0.15) is 0 Å². The zero-order valence-corrected chi connectivity index (χ0v) is 19.7. The van der Waals surface area contributed by atoms with Crippen molar-refractivity contribution >= 4 is 23.1 Å². The van der Waals surface area contributed by atoms with Crippen LogP contribution in [-0.2, 0) is 16.8 Å². The minimum atomic E-state index is -0.264. The van der Waals surface area contributed by atoms with Crippen LogP contribution in [0.2, 0.25) is 0 Å². The van der Waals surface area contributed by atoms with Gasteiger partial charge in [-0.05, 0) is 23.3 Å². The van der Waals surface area contributed by atoms with Crippen LogP contribution in [0.15, 0.2) is 133 Å². The molecular weight excluding hydrogens is 483 g/mol. The van der Waals surface area contributed by atoms with Crippen molar-refractivity contribution in [3.05, 3.63) is 156 Å². The molecule has 4 aromatic rings. The standard InChI is InChI=1S/2C15H12O2.Co/c2*16-14(12-7-3-1-4-8-12)11-15(17)13-9-5-2-6-10-13;/h2*1-11,16H;/q;;+2/p-2/b2*14-11-;. The summed E-state index contributed by atoms with van der Waals surface area (Å²) in [6.45, 7) is 0. The van der Waals surface area contributed by atoms with E-state index in [4.69, 9.17) is 0 Å². The topological polar surface area (TPSA) is 80.3 Å². The van der Waals surface area contributed by atoms with Crippen molar-refractivity contribution < 1.29 is 36.6 Å². The summed E-state index contributed by atoms with van der Waals surface area (Å²) in [5.41, 5.74) is 2.10. The van der Waals surface area contributed by atoms with Gasteiger partial charge in [-0.15, -0.1) is 0 Å². The van der Waals surface area contributed by atoms with E-state index in [0.29, 0.717) is 22.3 Å². The molecule has 0 aliphatic rings. The molecule has 35 heavy (non-hydrogen) atoms. The maximum absolute atomic E-state index is 11.8. The molecular formula is C30H22CoO4. The summed E-state index contributed by atoms with van der Waals surface area (Å²) in [6, 6.07) is 35.0. The molecule has 0 aliphatic carbocycles. The first kappa shape index (κ1) is 27.1. The van der Waals surface area contributed by atoms with E-state index in [1.54, 1.807) is 97.1 Å². The fraction of sp³-hybridized carbons (Fsp3) is 0. The van der Waals surface area contributed by atoms with Gasteiger partial charge in [-0.1, -0.05) is 133 Å². The van der Waals surface area contributed by atoms with Crippen LogP contribution in [0.4, 0.5) is 0 Å². The Morgan fingerprint density at radius 1 is 0.429 bits per heavy atom. The van der Waals surface area contributed by atoms with Gasteiger partial charge in [0.05, 0.1) is 0 Å². The van der Waals surface area contributed by atoms with Gasteiger partial charge in [0, 0.05) is 11.1 Å². The first-order chi connectivity index (χ1) is 16.5. The number of hydrogen-bond donors (Lipinski definition) is 0. The van der Waals surface area contributed by atoms with Gasteiger partial charge in [0.25, 0.3) is 0 Å². The smallest absolute Gasteiger partial charge is 0.872 e. The molecule has 4 aromatic carbocycles. The Balaban J connectivity index is 0.000000240. The summed E-state index contributed by atoms with van der Waals surface area (Å²) in [5.74, 6) is -1.06. The van der Waals surface area contributed by atoms with Crippen LogP contribution in [0.25, 0.3) is 11.5 Å². The predicted octanol–water partition coefficient (Wildman–Crippen LogP) is 4.54. The molecule has 0 atom stereocenters. The Kier molecular flexibility index (Phi) is 10.9. The van der Waals surface area contributed by atoms with E-state index in [2.05, 4.69) is 0 Å².